The molecule has 2 unspecified atom stereocenters. The first kappa shape index (κ1) is 86.1. The lowest BCUT2D eigenvalue weighted by molar-refractivity contribution is -0.161. The van der Waals surface area contributed by atoms with Gasteiger partial charge in [-0.25, -0.2) is 9.13 Å². The minimum Gasteiger partial charge on any atom is -0.462 e. The number of aliphatic hydroxyl groups is 1. The highest BCUT2D eigenvalue weighted by Crippen LogP contribution is 2.45. The molecule has 0 aromatic heterocycles. The number of hydrogen-bond donors (Lipinski definition) is 3. The zero-order chi connectivity index (χ0) is 64.7. The maximum Gasteiger partial charge on any atom is 0.472 e. The third-order valence-electron chi connectivity index (χ3n) is 16.1. The van der Waals surface area contributed by atoms with Crippen molar-refractivity contribution >= 4 is 39.5 Å². The first-order valence-electron chi connectivity index (χ1n) is 36.3. The number of carbonyl (C=O) groups excluding carboxylic acids is 4. The minimum absolute atomic E-state index is 0.107. The fourth-order valence-corrected chi connectivity index (χ4v) is 12.1. The molecule has 0 saturated carbocycles. The van der Waals surface area contributed by atoms with Crippen molar-refractivity contribution in [3.8, 4) is 0 Å². The molecule has 0 radical (unpaired) electrons. The van der Waals surface area contributed by atoms with E-state index in [1.165, 1.54) is 180 Å². The maximum absolute atomic E-state index is 13.0. The van der Waals surface area contributed by atoms with Crippen molar-refractivity contribution in [1.82, 2.24) is 0 Å². The van der Waals surface area contributed by atoms with E-state index in [9.17, 15) is 43.2 Å². The van der Waals surface area contributed by atoms with E-state index >= 15 is 0 Å². The second-order valence-corrected chi connectivity index (χ2v) is 27.8. The van der Waals surface area contributed by atoms with Crippen LogP contribution in [0, 0.1) is 0 Å². The van der Waals surface area contributed by atoms with E-state index < -0.39 is 97.5 Å². The number of phosphoric acid groups is 2. The first-order chi connectivity index (χ1) is 42.7. The average molecular weight is 1300 g/mol. The van der Waals surface area contributed by atoms with Crippen molar-refractivity contribution < 1.29 is 80.2 Å². The Morgan fingerprint density at radius 3 is 0.670 bits per heavy atom. The molecule has 0 amide bonds. The SMILES string of the molecule is CCCCCCCCCCCCCCCCCC(=O)O[C@H](COC(=O)CCCCCCCCCCCCCCCC)COP(=O)(O)OC[C@@H](O)COP(=O)(O)OC[C@@H](COC(=O)CCCCCCCCC)OC(=O)CCCCCCCCCCCCCC. The predicted molar refractivity (Wildman–Crippen MR) is 354 cm³/mol. The molecular weight excluding hydrogens is 1160 g/mol. The lowest BCUT2D eigenvalue weighted by Gasteiger charge is -2.21. The van der Waals surface area contributed by atoms with Gasteiger partial charge in [-0.3, -0.25) is 37.3 Å². The molecule has 0 rings (SSSR count). The van der Waals surface area contributed by atoms with Crippen LogP contribution >= 0.6 is 15.6 Å². The van der Waals surface area contributed by atoms with Crippen molar-refractivity contribution in [3.63, 3.8) is 0 Å². The van der Waals surface area contributed by atoms with Crippen molar-refractivity contribution in [2.45, 2.75) is 380 Å². The Hall–Kier alpha value is -1.94. The van der Waals surface area contributed by atoms with Crippen molar-refractivity contribution in [2.75, 3.05) is 39.6 Å². The molecule has 0 heterocycles. The molecule has 0 aliphatic carbocycles. The molecule has 0 fully saturated rings. The molecule has 0 bridgehead atoms. The predicted octanol–water partition coefficient (Wildman–Crippen LogP) is 19.9. The molecule has 522 valence electrons. The number of ether oxygens (including phenoxy) is 4. The van der Waals surface area contributed by atoms with Gasteiger partial charge in [-0.15, -0.1) is 0 Å². The van der Waals surface area contributed by atoms with Crippen LogP contribution < -0.4 is 0 Å². The second-order valence-electron chi connectivity index (χ2n) is 24.9. The summed E-state index contributed by atoms with van der Waals surface area (Å²) in [5.41, 5.74) is 0. The standard InChI is InChI=1S/C69H134O17P2/c1-5-9-13-17-21-24-27-30-32-34-37-40-44-48-52-56-69(74)86-65(60-80-67(72)54-50-46-42-38-36-33-31-28-25-22-18-14-10-6-2)62-84-88(77,78)82-58-63(70)57-81-87(75,76)83-61-64(59-79-66(71)53-49-45-41-20-16-12-8-4)85-68(73)55-51-47-43-39-35-29-26-23-19-15-11-7-3/h63-65,70H,5-62H2,1-4H3,(H,75,76)(H,77,78)/t63-,64+,65+/m0/s1. The second kappa shape index (κ2) is 63.8. The summed E-state index contributed by atoms with van der Waals surface area (Å²) < 4.78 is 68.2. The van der Waals surface area contributed by atoms with Gasteiger partial charge < -0.3 is 33.8 Å². The Kier molecular flexibility index (Phi) is 62.4. The summed E-state index contributed by atoms with van der Waals surface area (Å²) in [5, 5.41) is 10.6. The van der Waals surface area contributed by atoms with Crippen molar-refractivity contribution in [3.05, 3.63) is 0 Å². The quantitative estimate of drug-likeness (QED) is 0.0222. The Bertz CT molecular complexity index is 1690. The Labute approximate surface area is 537 Å². The molecule has 0 aliphatic heterocycles. The summed E-state index contributed by atoms with van der Waals surface area (Å²) >= 11 is 0. The number of esters is 4. The summed E-state index contributed by atoms with van der Waals surface area (Å²) in [6.07, 6.45) is 51.3. The highest BCUT2D eigenvalue weighted by atomic mass is 31.2. The van der Waals surface area contributed by atoms with E-state index in [1.54, 1.807) is 0 Å². The highest BCUT2D eigenvalue weighted by Gasteiger charge is 2.30. The zero-order valence-electron chi connectivity index (χ0n) is 56.7. The number of phosphoric ester groups is 2. The smallest absolute Gasteiger partial charge is 0.462 e. The van der Waals surface area contributed by atoms with Gasteiger partial charge in [-0.2, -0.15) is 0 Å². The zero-order valence-corrected chi connectivity index (χ0v) is 58.5. The molecule has 5 atom stereocenters. The summed E-state index contributed by atoms with van der Waals surface area (Å²) in [4.78, 5) is 72.4. The van der Waals surface area contributed by atoms with E-state index in [2.05, 4.69) is 27.7 Å². The topological polar surface area (TPSA) is 237 Å². The van der Waals surface area contributed by atoms with Gasteiger partial charge in [-0.05, 0) is 25.7 Å². The highest BCUT2D eigenvalue weighted by molar-refractivity contribution is 7.47. The summed E-state index contributed by atoms with van der Waals surface area (Å²) in [6, 6.07) is 0. The van der Waals surface area contributed by atoms with Gasteiger partial charge in [0, 0.05) is 25.7 Å². The van der Waals surface area contributed by atoms with Crippen LogP contribution in [0.3, 0.4) is 0 Å². The van der Waals surface area contributed by atoms with Crippen molar-refractivity contribution in [2.24, 2.45) is 0 Å². The third-order valence-corrected chi connectivity index (χ3v) is 18.0. The Balaban J connectivity index is 5.20. The van der Waals surface area contributed by atoms with E-state index in [0.717, 1.165) is 103 Å². The summed E-state index contributed by atoms with van der Waals surface area (Å²) in [7, 11) is -9.89. The fraction of sp³-hybridized carbons (Fsp3) is 0.942. The van der Waals surface area contributed by atoms with Crippen molar-refractivity contribution in [1.29, 1.82) is 0 Å². The maximum atomic E-state index is 13.0. The normalized spacial score (nSPS) is 14.0. The Morgan fingerprint density at radius 1 is 0.273 bits per heavy atom. The van der Waals surface area contributed by atoms with Crippen LogP contribution in [0.5, 0.6) is 0 Å². The van der Waals surface area contributed by atoms with Gasteiger partial charge in [0.1, 0.15) is 19.3 Å². The summed E-state index contributed by atoms with van der Waals surface area (Å²) in [6.45, 7) is 4.91. The van der Waals surface area contributed by atoms with E-state index in [1.807, 2.05) is 0 Å². The molecule has 0 aromatic carbocycles. The van der Waals surface area contributed by atoms with Gasteiger partial charge in [0.2, 0.25) is 0 Å². The van der Waals surface area contributed by atoms with Gasteiger partial charge in [-0.1, -0.05) is 310 Å². The molecule has 0 spiro atoms. The number of rotatable bonds is 70. The lowest BCUT2D eigenvalue weighted by atomic mass is 10.0. The van der Waals surface area contributed by atoms with Crippen LogP contribution in [0.25, 0.3) is 0 Å². The van der Waals surface area contributed by atoms with Gasteiger partial charge in [0.15, 0.2) is 12.2 Å². The number of aliphatic hydroxyl groups excluding tert-OH is 1. The molecule has 0 aliphatic rings. The van der Waals surface area contributed by atoms with Crippen LogP contribution in [0.1, 0.15) is 362 Å². The monoisotopic (exact) mass is 1300 g/mol. The van der Waals surface area contributed by atoms with Gasteiger partial charge >= 0.3 is 39.5 Å². The fourth-order valence-electron chi connectivity index (χ4n) is 10.5. The molecule has 17 nitrogen and oxygen atoms in total. The number of carbonyl (C=O) groups is 4. The van der Waals surface area contributed by atoms with Crippen LogP contribution in [0.2, 0.25) is 0 Å². The average Bonchev–Trinajstić information content (AvgIpc) is 3.71. The van der Waals surface area contributed by atoms with E-state index in [-0.39, 0.29) is 25.7 Å². The van der Waals surface area contributed by atoms with Gasteiger partial charge in [0.25, 0.3) is 0 Å². The third kappa shape index (κ3) is 62.8. The molecule has 19 heteroatoms. The van der Waals surface area contributed by atoms with Crippen LogP contribution in [-0.4, -0.2) is 96.7 Å². The number of unbranched alkanes of at least 4 members (excludes halogenated alkanes) is 44. The molecule has 0 saturated heterocycles. The molecule has 88 heavy (non-hydrogen) atoms. The Morgan fingerprint density at radius 2 is 0.455 bits per heavy atom. The van der Waals surface area contributed by atoms with Crippen LogP contribution in [0.4, 0.5) is 0 Å². The van der Waals surface area contributed by atoms with E-state index in [0.29, 0.717) is 25.7 Å². The first-order valence-corrected chi connectivity index (χ1v) is 39.3. The molecule has 0 aromatic rings. The summed E-state index contributed by atoms with van der Waals surface area (Å²) in [5.74, 6) is -2.12. The van der Waals surface area contributed by atoms with Crippen LogP contribution in [-0.2, 0) is 65.4 Å². The minimum atomic E-state index is -4.95. The largest absolute Gasteiger partial charge is 0.472 e. The number of hydrogen-bond acceptors (Lipinski definition) is 15. The van der Waals surface area contributed by atoms with Crippen LogP contribution in [0.15, 0.2) is 0 Å². The van der Waals surface area contributed by atoms with E-state index in [4.69, 9.17) is 37.0 Å². The van der Waals surface area contributed by atoms with Gasteiger partial charge in [0.05, 0.1) is 26.4 Å². The molecular formula is C69H134O17P2. The lowest BCUT2D eigenvalue weighted by Crippen LogP contribution is -2.30. The molecule has 3 N–H and O–H groups in total.